The Morgan fingerprint density at radius 1 is 1.08 bits per heavy atom. The lowest BCUT2D eigenvalue weighted by Crippen LogP contribution is -2.40. The van der Waals surface area contributed by atoms with Crippen LogP contribution in [0.1, 0.15) is 27.1 Å². The third-order valence-corrected chi connectivity index (χ3v) is 4.75. The van der Waals surface area contributed by atoms with Gasteiger partial charge in [-0.2, -0.15) is 0 Å². The van der Waals surface area contributed by atoms with Gasteiger partial charge in [0.25, 0.3) is 11.8 Å². The summed E-state index contributed by atoms with van der Waals surface area (Å²) in [4.78, 5) is 40.2. The number of ether oxygens (including phenoxy) is 1. The van der Waals surface area contributed by atoms with Gasteiger partial charge in [0.2, 0.25) is 5.91 Å². The quantitative estimate of drug-likeness (QED) is 0.779. The topological polar surface area (TPSA) is 66.9 Å². The van der Waals surface area contributed by atoms with Crippen LogP contribution in [-0.4, -0.2) is 42.3 Å². The van der Waals surface area contributed by atoms with Gasteiger partial charge >= 0.3 is 0 Å². The van der Waals surface area contributed by atoms with Crippen molar-refractivity contribution >= 4 is 35.0 Å². The molecular formula is C19H15ClN2O4. The summed E-state index contributed by atoms with van der Waals surface area (Å²) in [5.74, 6) is -0.309. The second-order valence-corrected chi connectivity index (χ2v) is 6.50. The summed E-state index contributed by atoms with van der Waals surface area (Å²) in [5.41, 5.74) is 1.37. The highest BCUT2D eigenvalue weighted by Crippen LogP contribution is 2.34. The molecule has 0 atom stereocenters. The zero-order valence-corrected chi connectivity index (χ0v) is 14.5. The monoisotopic (exact) mass is 370 g/mol. The van der Waals surface area contributed by atoms with Crippen molar-refractivity contribution in [3.63, 3.8) is 0 Å². The van der Waals surface area contributed by atoms with Crippen molar-refractivity contribution in [1.82, 2.24) is 4.90 Å². The fourth-order valence-electron chi connectivity index (χ4n) is 3.23. The zero-order chi connectivity index (χ0) is 18.3. The van der Waals surface area contributed by atoms with Crippen LogP contribution in [0.4, 0.5) is 5.69 Å². The molecule has 4 rings (SSSR count). The molecule has 0 saturated heterocycles. The van der Waals surface area contributed by atoms with Gasteiger partial charge in [0.05, 0.1) is 23.4 Å². The number of nitrogens with zero attached hydrogens (tertiary/aromatic N) is 2. The fourth-order valence-corrected chi connectivity index (χ4v) is 3.40. The predicted molar refractivity (Wildman–Crippen MR) is 95.7 cm³/mol. The molecule has 2 aliphatic heterocycles. The van der Waals surface area contributed by atoms with Crippen molar-refractivity contribution in [3.8, 4) is 5.75 Å². The standard InChI is InChI=1S/C19H15ClN2O4/c20-12-5-6-16-15(11-12)21(9-10-26-16)17(23)7-8-22-18(24)13-3-1-2-4-14(13)19(22)25/h1-6,11H,7-10H2. The molecule has 0 spiro atoms. The average Bonchev–Trinajstić information content (AvgIpc) is 2.90. The van der Waals surface area contributed by atoms with E-state index in [9.17, 15) is 14.4 Å². The van der Waals surface area contributed by atoms with Gasteiger partial charge in [0.15, 0.2) is 0 Å². The summed E-state index contributed by atoms with van der Waals surface area (Å²) >= 11 is 6.03. The van der Waals surface area contributed by atoms with Crippen molar-refractivity contribution in [2.45, 2.75) is 6.42 Å². The maximum atomic E-state index is 12.7. The Kier molecular flexibility index (Phi) is 4.12. The molecule has 3 amide bonds. The molecule has 0 unspecified atom stereocenters. The second-order valence-electron chi connectivity index (χ2n) is 6.06. The zero-order valence-electron chi connectivity index (χ0n) is 13.8. The highest BCUT2D eigenvalue weighted by atomic mass is 35.5. The van der Waals surface area contributed by atoms with Gasteiger partial charge in [0, 0.05) is 18.0 Å². The molecule has 2 heterocycles. The van der Waals surface area contributed by atoms with Crippen LogP contribution >= 0.6 is 11.6 Å². The SMILES string of the molecule is O=C1c2ccccc2C(=O)N1CCC(=O)N1CCOc2ccc(Cl)cc21. The minimum absolute atomic E-state index is 0.0391. The number of hydrogen-bond acceptors (Lipinski definition) is 4. The Balaban J connectivity index is 1.49. The molecule has 0 aliphatic carbocycles. The smallest absolute Gasteiger partial charge is 0.261 e. The molecule has 0 saturated carbocycles. The van der Waals surface area contributed by atoms with E-state index in [-0.39, 0.29) is 30.7 Å². The van der Waals surface area contributed by atoms with Gasteiger partial charge in [-0.15, -0.1) is 0 Å². The van der Waals surface area contributed by atoms with Crippen LogP contribution in [0, 0.1) is 0 Å². The molecular weight excluding hydrogens is 356 g/mol. The van der Waals surface area contributed by atoms with Crippen molar-refractivity contribution < 1.29 is 19.1 Å². The molecule has 7 heteroatoms. The van der Waals surface area contributed by atoms with E-state index in [1.807, 2.05) is 0 Å². The molecule has 26 heavy (non-hydrogen) atoms. The lowest BCUT2D eigenvalue weighted by molar-refractivity contribution is -0.118. The Hall–Kier alpha value is -2.86. The highest BCUT2D eigenvalue weighted by molar-refractivity contribution is 6.31. The molecule has 2 aromatic carbocycles. The predicted octanol–water partition coefficient (Wildman–Crippen LogP) is 2.75. The van der Waals surface area contributed by atoms with Crippen molar-refractivity contribution in [2.75, 3.05) is 24.6 Å². The second kappa shape index (κ2) is 6.46. The van der Waals surface area contributed by atoms with E-state index in [0.717, 1.165) is 4.90 Å². The first-order valence-corrected chi connectivity index (χ1v) is 8.62. The fraction of sp³-hybridized carbons (Fsp3) is 0.211. The van der Waals surface area contributed by atoms with E-state index < -0.39 is 0 Å². The number of imide groups is 1. The first-order valence-electron chi connectivity index (χ1n) is 8.24. The number of fused-ring (bicyclic) bond motifs is 2. The summed E-state index contributed by atoms with van der Waals surface area (Å²) in [7, 11) is 0. The first kappa shape index (κ1) is 16.6. The van der Waals surface area contributed by atoms with Gasteiger partial charge in [-0.05, 0) is 30.3 Å². The third kappa shape index (κ3) is 2.72. The highest BCUT2D eigenvalue weighted by Gasteiger charge is 2.35. The number of amides is 3. The molecule has 0 bridgehead atoms. The minimum Gasteiger partial charge on any atom is -0.490 e. The number of hydrogen-bond donors (Lipinski definition) is 0. The Morgan fingerprint density at radius 3 is 2.46 bits per heavy atom. The Bertz CT molecular complexity index is 893. The number of halogens is 1. The molecule has 6 nitrogen and oxygen atoms in total. The van der Waals surface area contributed by atoms with Crippen LogP contribution in [0.25, 0.3) is 0 Å². The lowest BCUT2D eigenvalue weighted by atomic mass is 10.1. The third-order valence-electron chi connectivity index (χ3n) is 4.51. The van der Waals surface area contributed by atoms with Crippen LogP contribution < -0.4 is 9.64 Å². The van der Waals surface area contributed by atoms with Gasteiger partial charge in [-0.3, -0.25) is 19.3 Å². The van der Waals surface area contributed by atoms with Crippen LogP contribution in [0.15, 0.2) is 42.5 Å². The van der Waals surface area contributed by atoms with E-state index in [1.54, 1.807) is 47.4 Å². The Morgan fingerprint density at radius 2 is 1.77 bits per heavy atom. The number of anilines is 1. The maximum Gasteiger partial charge on any atom is 0.261 e. The van der Waals surface area contributed by atoms with Crippen LogP contribution in [0.2, 0.25) is 5.02 Å². The summed E-state index contributed by atoms with van der Waals surface area (Å²) in [6.45, 7) is 0.820. The van der Waals surface area contributed by atoms with E-state index in [0.29, 0.717) is 40.7 Å². The first-order chi connectivity index (χ1) is 12.6. The number of benzene rings is 2. The van der Waals surface area contributed by atoms with Crippen molar-refractivity contribution in [3.05, 3.63) is 58.6 Å². The van der Waals surface area contributed by atoms with Gasteiger partial charge in [0.1, 0.15) is 12.4 Å². The van der Waals surface area contributed by atoms with E-state index in [1.165, 1.54) is 0 Å². The van der Waals surface area contributed by atoms with E-state index in [2.05, 4.69) is 0 Å². The molecule has 0 fully saturated rings. The van der Waals surface area contributed by atoms with E-state index >= 15 is 0 Å². The lowest BCUT2D eigenvalue weighted by Gasteiger charge is -2.30. The summed E-state index contributed by atoms with van der Waals surface area (Å²) < 4.78 is 5.54. The molecule has 0 aromatic heterocycles. The summed E-state index contributed by atoms with van der Waals surface area (Å²) in [5, 5.41) is 0.507. The average molecular weight is 371 g/mol. The summed E-state index contributed by atoms with van der Waals surface area (Å²) in [6.07, 6.45) is 0.0391. The van der Waals surface area contributed by atoms with Crippen molar-refractivity contribution in [1.29, 1.82) is 0 Å². The molecule has 0 N–H and O–H groups in total. The molecule has 0 radical (unpaired) electrons. The molecule has 132 valence electrons. The van der Waals surface area contributed by atoms with Gasteiger partial charge in [-0.25, -0.2) is 0 Å². The summed E-state index contributed by atoms with van der Waals surface area (Å²) in [6, 6.07) is 11.8. The minimum atomic E-state index is -0.358. The van der Waals surface area contributed by atoms with Gasteiger partial charge < -0.3 is 9.64 Å². The van der Waals surface area contributed by atoms with Crippen LogP contribution in [-0.2, 0) is 4.79 Å². The van der Waals surface area contributed by atoms with E-state index in [4.69, 9.17) is 16.3 Å². The normalized spacial score (nSPS) is 15.6. The number of carbonyl (C=O) groups excluding carboxylic acids is 3. The maximum absolute atomic E-state index is 12.7. The Labute approximate surface area is 154 Å². The van der Waals surface area contributed by atoms with Crippen LogP contribution in [0.3, 0.4) is 0 Å². The largest absolute Gasteiger partial charge is 0.490 e. The van der Waals surface area contributed by atoms with Crippen molar-refractivity contribution in [2.24, 2.45) is 0 Å². The molecule has 2 aliphatic rings. The number of carbonyl (C=O) groups is 3. The van der Waals surface area contributed by atoms with Crippen LogP contribution in [0.5, 0.6) is 5.75 Å². The van der Waals surface area contributed by atoms with Gasteiger partial charge in [-0.1, -0.05) is 23.7 Å². The molecule has 2 aromatic rings. The number of rotatable bonds is 3.